The number of hydrogen-bond acceptors (Lipinski definition) is 3. The second-order valence-electron chi connectivity index (χ2n) is 4.51. The highest BCUT2D eigenvalue weighted by molar-refractivity contribution is 7.80. The number of rotatable bonds is 3. The van der Waals surface area contributed by atoms with E-state index in [1.54, 1.807) is 0 Å². The Labute approximate surface area is 108 Å². The fourth-order valence-electron chi connectivity index (χ4n) is 2.34. The molecule has 92 valence electrons. The monoisotopic (exact) mass is 249 g/mol. The minimum absolute atomic E-state index is 0.0759. The van der Waals surface area contributed by atoms with Gasteiger partial charge in [0.15, 0.2) is 0 Å². The summed E-state index contributed by atoms with van der Waals surface area (Å²) in [6.07, 6.45) is 0. The van der Waals surface area contributed by atoms with Crippen molar-refractivity contribution in [2.24, 2.45) is 5.73 Å². The summed E-state index contributed by atoms with van der Waals surface area (Å²) in [6, 6.07) is 8.52. The molecule has 0 amide bonds. The Balaban J connectivity index is 2.25. The van der Waals surface area contributed by atoms with E-state index in [9.17, 15) is 0 Å². The summed E-state index contributed by atoms with van der Waals surface area (Å²) in [4.78, 5) is 2.92. The Morgan fingerprint density at radius 1 is 1.41 bits per heavy atom. The van der Waals surface area contributed by atoms with Gasteiger partial charge in [-0.25, -0.2) is 0 Å². The number of nitrogens with one attached hydrogen (secondary N) is 1. The first-order valence-corrected chi connectivity index (χ1v) is 6.40. The number of nitrogens with zero attached hydrogens (tertiary/aromatic N) is 1. The molecule has 4 heteroatoms. The normalized spacial score (nSPS) is 18.9. The van der Waals surface area contributed by atoms with Crippen LogP contribution in [0.4, 0.5) is 0 Å². The lowest BCUT2D eigenvalue weighted by Crippen LogP contribution is -2.48. The lowest BCUT2D eigenvalue weighted by atomic mass is 10.0. The Hall–Kier alpha value is -0.970. The molecule has 1 unspecified atom stereocenters. The first-order valence-electron chi connectivity index (χ1n) is 5.99. The van der Waals surface area contributed by atoms with E-state index >= 15 is 0 Å². The van der Waals surface area contributed by atoms with Crippen molar-refractivity contribution in [1.82, 2.24) is 10.2 Å². The molecule has 1 heterocycles. The summed E-state index contributed by atoms with van der Waals surface area (Å²) >= 11 is 5.24. The molecule has 0 radical (unpaired) electrons. The molecule has 1 fully saturated rings. The second kappa shape index (κ2) is 5.58. The average molecular weight is 249 g/mol. The smallest absolute Gasteiger partial charge is 0.0948 e. The third-order valence-electron chi connectivity index (χ3n) is 3.14. The molecular formula is C13H19N3S. The van der Waals surface area contributed by atoms with E-state index in [-0.39, 0.29) is 6.04 Å². The molecule has 0 spiro atoms. The van der Waals surface area contributed by atoms with E-state index in [1.165, 1.54) is 11.1 Å². The zero-order valence-electron chi connectivity index (χ0n) is 10.1. The highest BCUT2D eigenvalue weighted by Gasteiger charge is 2.24. The molecule has 1 aliphatic heterocycles. The Morgan fingerprint density at radius 2 is 2.12 bits per heavy atom. The van der Waals surface area contributed by atoms with Crippen LogP contribution in [-0.4, -0.2) is 36.1 Å². The molecule has 1 aliphatic rings. The van der Waals surface area contributed by atoms with Crippen LogP contribution in [0.15, 0.2) is 24.3 Å². The quantitative estimate of drug-likeness (QED) is 0.791. The van der Waals surface area contributed by atoms with Gasteiger partial charge in [-0.1, -0.05) is 42.0 Å². The largest absolute Gasteiger partial charge is 0.392 e. The molecular weight excluding hydrogens is 230 g/mol. The second-order valence-corrected chi connectivity index (χ2v) is 4.98. The molecule has 1 aromatic rings. The number of piperazine rings is 1. The van der Waals surface area contributed by atoms with Gasteiger partial charge in [-0.15, -0.1) is 0 Å². The molecule has 1 atom stereocenters. The standard InChI is InChI=1S/C13H19N3S/c1-10-3-2-4-11(9-10)12(13(14)17)16-7-5-15-6-8-16/h2-4,9,12,15H,5-8H2,1H3,(H2,14,17). The van der Waals surface area contributed by atoms with Gasteiger partial charge in [0.2, 0.25) is 0 Å². The van der Waals surface area contributed by atoms with Gasteiger partial charge in [-0.05, 0) is 12.5 Å². The Morgan fingerprint density at radius 3 is 2.71 bits per heavy atom. The number of benzene rings is 1. The highest BCUT2D eigenvalue weighted by atomic mass is 32.1. The van der Waals surface area contributed by atoms with E-state index < -0.39 is 0 Å². The summed E-state index contributed by atoms with van der Waals surface area (Å²) < 4.78 is 0. The van der Waals surface area contributed by atoms with Crippen LogP contribution < -0.4 is 11.1 Å². The van der Waals surface area contributed by atoms with Gasteiger partial charge < -0.3 is 11.1 Å². The maximum atomic E-state index is 5.92. The van der Waals surface area contributed by atoms with Gasteiger partial charge >= 0.3 is 0 Å². The number of nitrogens with two attached hydrogens (primary N) is 1. The SMILES string of the molecule is Cc1cccc(C(C(N)=S)N2CCNCC2)c1. The maximum Gasteiger partial charge on any atom is 0.0948 e. The predicted molar refractivity (Wildman–Crippen MR) is 75.1 cm³/mol. The molecule has 3 N–H and O–H groups in total. The Kier molecular flexibility index (Phi) is 4.10. The van der Waals surface area contributed by atoms with Crippen molar-refractivity contribution >= 4 is 17.2 Å². The van der Waals surface area contributed by atoms with Crippen LogP contribution in [0.3, 0.4) is 0 Å². The van der Waals surface area contributed by atoms with Crippen molar-refractivity contribution in [2.75, 3.05) is 26.2 Å². The van der Waals surface area contributed by atoms with Crippen LogP contribution in [0.1, 0.15) is 17.2 Å². The van der Waals surface area contributed by atoms with Crippen LogP contribution >= 0.6 is 12.2 Å². The van der Waals surface area contributed by atoms with Crippen LogP contribution in [0.5, 0.6) is 0 Å². The van der Waals surface area contributed by atoms with Gasteiger partial charge in [0.25, 0.3) is 0 Å². The van der Waals surface area contributed by atoms with Crippen LogP contribution in [-0.2, 0) is 0 Å². The first kappa shape index (κ1) is 12.5. The third kappa shape index (κ3) is 3.03. The lowest BCUT2D eigenvalue weighted by Gasteiger charge is -2.34. The molecule has 1 saturated heterocycles. The van der Waals surface area contributed by atoms with E-state index in [1.807, 2.05) is 0 Å². The topological polar surface area (TPSA) is 41.3 Å². The summed E-state index contributed by atoms with van der Waals surface area (Å²) in [5.41, 5.74) is 8.38. The van der Waals surface area contributed by atoms with Crippen molar-refractivity contribution in [3.8, 4) is 0 Å². The van der Waals surface area contributed by atoms with Gasteiger partial charge in [0, 0.05) is 26.2 Å². The average Bonchev–Trinajstić information content (AvgIpc) is 2.30. The Bertz CT molecular complexity index is 399. The van der Waals surface area contributed by atoms with Gasteiger partial charge in [-0.3, -0.25) is 4.90 Å². The molecule has 2 rings (SSSR count). The first-order chi connectivity index (χ1) is 8.18. The van der Waals surface area contributed by atoms with E-state index in [0.29, 0.717) is 4.99 Å². The molecule has 0 aliphatic carbocycles. The van der Waals surface area contributed by atoms with Crippen molar-refractivity contribution in [1.29, 1.82) is 0 Å². The van der Waals surface area contributed by atoms with Gasteiger partial charge in [0.1, 0.15) is 0 Å². The van der Waals surface area contributed by atoms with E-state index in [4.69, 9.17) is 18.0 Å². The minimum atomic E-state index is 0.0759. The zero-order chi connectivity index (χ0) is 12.3. The van der Waals surface area contributed by atoms with Gasteiger partial charge in [0.05, 0.1) is 11.0 Å². The van der Waals surface area contributed by atoms with Crippen molar-refractivity contribution < 1.29 is 0 Å². The van der Waals surface area contributed by atoms with Crippen molar-refractivity contribution in [3.05, 3.63) is 35.4 Å². The van der Waals surface area contributed by atoms with Crippen molar-refractivity contribution in [2.45, 2.75) is 13.0 Å². The predicted octanol–water partition coefficient (Wildman–Crippen LogP) is 1.23. The third-order valence-corrected chi connectivity index (χ3v) is 3.37. The number of aryl methyl sites for hydroxylation is 1. The summed E-state index contributed by atoms with van der Waals surface area (Å²) in [5.74, 6) is 0. The van der Waals surface area contributed by atoms with Crippen LogP contribution in [0.2, 0.25) is 0 Å². The fourth-order valence-corrected chi connectivity index (χ4v) is 2.62. The number of hydrogen-bond donors (Lipinski definition) is 2. The van der Waals surface area contributed by atoms with Crippen LogP contribution in [0, 0.1) is 6.92 Å². The van der Waals surface area contributed by atoms with Crippen LogP contribution in [0.25, 0.3) is 0 Å². The maximum absolute atomic E-state index is 5.92. The van der Waals surface area contributed by atoms with E-state index in [0.717, 1.165) is 26.2 Å². The molecule has 0 aromatic heterocycles. The molecule has 0 bridgehead atoms. The molecule has 1 aromatic carbocycles. The molecule has 3 nitrogen and oxygen atoms in total. The number of thiocarbonyl (C=S) groups is 1. The lowest BCUT2D eigenvalue weighted by molar-refractivity contribution is 0.215. The summed E-state index contributed by atoms with van der Waals surface area (Å²) in [5, 5.41) is 3.35. The molecule has 0 saturated carbocycles. The summed E-state index contributed by atoms with van der Waals surface area (Å²) in [6.45, 7) is 6.10. The fraction of sp³-hybridized carbons (Fsp3) is 0.462. The molecule has 17 heavy (non-hydrogen) atoms. The van der Waals surface area contributed by atoms with Gasteiger partial charge in [-0.2, -0.15) is 0 Å². The zero-order valence-corrected chi connectivity index (χ0v) is 11.0. The van der Waals surface area contributed by atoms with Crippen molar-refractivity contribution in [3.63, 3.8) is 0 Å². The van der Waals surface area contributed by atoms with E-state index in [2.05, 4.69) is 41.4 Å². The summed E-state index contributed by atoms with van der Waals surface area (Å²) in [7, 11) is 0. The minimum Gasteiger partial charge on any atom is -0.392 e. The highest BCUT2D eigenvalue weighted by Crippen LogP contribution is 2.22.